The zero-order valence-corrected chi connectivity index (χ0v) is 9.48. The van der Waals surface area contributed by atoms with E-state index in [2.05, 4.69) is 4.98 Å². The lowest BCUT2D eigenvalue weighted by atomic mass is 9.93. The van der Waals surface area contributed by atoms with E-state index in [1.807, 2.05) is 0 Å². The summed E-state index contributed by atoms with van der Waals surface area (Å²) in [6, 6.07) is 3.51. The zero-order valence-electron chi connectivity index (χ0n) is 9.48. The third-order valence-corrected chi connectivity index (χ3v) is 3.30. The van der Waals surface area contributed by atoms with Crippen LogP contribution in [0, 0.1) is 5.92 Å². The van der Waals surface area contributed by atoms with Crippen molar-refractivity contribution in [1.29, 1.82) is 0 Å². The molecule has 0 spiro atoms. The number of nitrogens with two attached hydrogens (primary N) is 1. The van der Waals surface area contributed by atoms with Gasteiger partial charge in [0.2, 0.25) is 0 Å². The second kappa shape index (κ2) is 5.10. The second-order valence-electron chi connectivity index (χ2n) is 4.49. The largest absolute Gasteiger partial charge is 0.397 e. The molecule has 0 aliphatic heterocycles. The van der Waals surface area contributed by atoms with Gasteiger partial charge in [-0.2, -0.15) is 0 Å². The predicted octanol–water partition coefficient (Wildman–Crippen LogP) is 2.82. The summed E-state index contributed by atoms with van der Waals surface area (Å²) in [6.07, 6.45) is 8.44. The molecular weight excluding hydrogens is 200 g/mol. The van der Waals surface area contributed by atoms with Crippen LogP contribution >= 0.6 is 0 Å². The Hall–Kier alpha value is -1.38. The first kappa shape index (κ1) is 11.1. The van der Waals surface area contributed by atoms with Gasteiger partial charge in [-0.15, -0.1) is 0 Å². The first-order valence-electron chi connectivity index (χ1n) is 6.04. The van der Waals surface area contributed by atoms with E-state index in [4.69, 9.17) is 5.73 Å². The summed E-state index contributed by atoms with van der Waals surface area (Å²) in [7, 11) is 0. The zero-order chi connectivity index (χ0) is 11.4. The molecule has 3 nitrogen and oxygen atoms in total. The third kappa shape index (κ3) is 2.40. The monoisotopic (exact) mass is 218 g/mol. The number of carbonyl (C=O) groups is 1. The fourth-order valence-corrected chi connectivity index (χ4v) is 2.36. The Morgan fingerprint density at radius 1 is 1.25 bits per heavy atom. The topological polar surface area (TPSA) is 56.0 Å². The Labute approximate surface area is 96.1 Å². The Morgan fingerprint density at radius 2 is 1.94 bits per heavy atom. The van der Waals surface area contributed by atoms with Crippen molar-refractivity contribution in [2.45, 2.75) is 38.5 Å². The predicted molar refractivity (Wildman–Crippen MR) is 64.2 cm³/mol. The molecule has 2 rings (SSSR count). The van der Waals surface area contributed by atoms with Gasteiger partial charge in [-0.25, -0.2) is 0 Å². The van der Waals surface area contributed by atoms with Gasteiger partial charge in [0.05, 0.1) is 5.69 Å². The fraction of sp³-hybridized carbons (Fsp3) is 0.538. The molecule has 0 radical (unpaired) electrons. The molecule has 3 heteroatoms. The van der Waals surface area contributed by atoms with Crippen molar-refractivity contribution < 1.29 is 4.79 Å². The van der Waals surface area contributed by atoms with Gasteiger partial charge in [0.25, 0.3) is 0 Å². The summed E-state index contributed by atoms with van der Waals surface area (Å²) in [6.45, 7) is 0. The number of Topliss-reactive ketones (excluding diaryl/α,β-unsaturated/α-hetero) is 1. The number of pyridine rings is 1. The normalized spacial score (nSPS) is 18.0. The molecule has 1 aromatic rings. The maximum atomic E-state index is 12.2. The first-order chi connectivity index (χ1) is 7.79. The molecule has 0 amide bonds. The standard InChI is InChI=1S/C13H18N2O/c14-11-8-5-9-15-12(11)13(16)10-6-3-1-2-4-7-10/h5,8-10H,1-4,6-7,14H2. The molecule has 1 saturated carbocycles. The van der Waals surface area contributed by atoms with Gasteiger partial charge >= 0.3 is 0 Å². The maximum absolute atomic E-state index is 12.2. The highest BCUT2D eigenvalue weighted by atomic mass is 16.1. The van der Waals surface area contributed by atoms with Gasteiger partial charge in [-0.05, 0) is 25.0 Å². The van der Waals surface area contributed by atoms with E-state index in [0.717, 1.165) is 25.7 Å². The van der Waals surface area contributed by atoms with Crippen LogP contribution in [0.1, 0.15) is 49.0 Å². The van der Waals surface area contributed by atoms with E-state index in [0.29, 0.717) is 11.4 Å². The van der Waals surface area contributed by atoms with Gasteiger partial charge in [-0.3, -0.25) is 9.78 Å². The van der Waals surface area contributed by atoms with Crippen molar-refractivity contribution >= 4 is 11.5 Å². The number of hydrogen-bond acceptors (Lipinski definition) is 3. The molecule has 1 heterocycles. The molecule has 0 saturated heterocycles. The van der Waals surface area contributed by atoms with Gasteiger partial charge in [0.15, 0.2) is 5.78 Å². The van der Waals surface area contributed by atoms with E-state index >= 15 is 0 Å². The minimum Gasteiger partial charge on any atom is -0.397 e. The molecule has 0 unspecified atom stereocenters. The second-order valence-corrected chi connectivity index (χ2v) is 4.49. The smallest absolute Gasteiger partial charge is 0.186 e. The van der Waals surface area contributed by atoms with Crippen LogP contribution in [0.2, 0.25) is 0 Å². The van der Waals surface area contributed by atoms with E-state index in [1.165, 1.54) is 12.8 Å². The molecule has 0 atom stereocenters. The minimum atomic E-state index is 0.139. The Bertz CT molecular complexity index is 368. The van der Waals surface area contributed by atoms with E-state index < -0.39 is 0 Å². The van der Waals surface area contributed by atoms with E-state index in [-0.39, 0.29) is 11.7 Å². The first-order valence-corrected chi connectivity index (χ1v) is 6.04. The molecule has 1 fully saturated rings. The van der Waals surface area contributed by atoms with Crippen LogP contribution in [0.5, 0.6) is 0 Å². The SMILES string of the molecule is Nc1cccnc1C(=O)C1CCCCCC1. The lowest BCUT2D eigenvalue weighted by molar-refractivity contribution is 0.0904. The summed E-state index contributed by atoms with van der Waals surface area (Å²) in [5, 5.41) is 0. The maximum Gasteiger partial charge on any atom is 0.186 e. The molecule has 0 bridgehead atoms. The van der Waals surface area contributed by atoms with Gasteiger partial charge in [0, 0.05) is 12.1 Å². The molecule has 86 valence electrons. The molecule has 1 aromatic heterocycles. The minimum absolute atomic E-state index is 0.139. The quantitative estimate of drug-likeness (QED) is 0.613. The Balaban J connectivity index is 2.14. The van der Waals surface area contributed by atoms with Crippen molar-refractivity contribution in [3.8, 4) is 0 Å². The summed E-state index contributed by atoms with van der Waals surface area (Å²) < 4.78 is 0. The van der Waals surface area contributed by atoms with E-state index in [1.54, 1.807) is 18.3 Å². The molecular formula is C13H18N2O. The summed E-state index contributed by atoms with van der Waals surface area (Å²) in [4.78, 5) is 16.3. The number of nitrogen functional groups attached to an aromatic ring is 1. The van der Waals surface area contributed by atoms with Gasteiger partial charge in [0.1, 0.15) is 5.69 Å². The highest BCUT2D eigenvalue weighted by Crippen LogP contribution is 2.26. The number of carbonyl (C=O) groups excluding carboxylic acids is 1. The van der Waals surface area contributed by atoms with Crippen LogP contribution in [0.4, 0.5) is 5.69 Å². The van der Waals surface area contributed by atoms with E-state index in [9.17, 15) is 4.79 Å². The van der Waals surface area contributed by atoms with Crippen LogP contribution < -0.4 is 5.73 Å². The van der Waals surface area contributed by atoms with Crippen molar-refractivity contribution in [2.24, 2.45) is 5.92 Å². The fourth-order valence-electron chi connectivity index (χ4n) is 2.36. The van der Waals surface area contributed by atoms with Crippen molar-refractivity contribution in [3.63, 3.8) is 0 Å². The van der Waals surface area contributed by atoms with Crippen LogP contribution in [0.3, 0.4) is 0 Å². The average Bonchev–Trinajstić information content (AvgIpc) is 2.57. The van der Waals surface area contributed by atoms with Crippen molar-refractivity contribution in [1.82, 2.24) is 4.98 Å². The number of hydrogen-bond donors (Lipinski definition) is 1. The molecule has 1 aliphatic rings. The number of nitrogens with zero attached hydrogens (tertiary/aromatic N) is 1. The lowest BCUT2D eigenvalue weighted by Gasteiger charge is -2.12. The lowest BCUT2D eigenvalue weighted by Crippen LogP contribution is -2.17. The number of rotatable bonds is 2. The van der Waals surface area contributed by atoms with Crippen molar-refractivity contribution in [3.05, 3.63) is 24.0 Å². The Morgan fingerprint density at radius 3 is 2.56 bits per heavy atom. The number of anilines is 1. The Kier molecular flexibility index (Phi) is 3.54. The summed E-state index contributed by atoms with van der Waals surface area (Å²) >= 11 is 0. The van der Waals surface area contributed by atoms with Gasteiger partial charge in [-0.1, -0.05) is 25.7 Å². The van der Waals surface area contributed by atoms with Crippen LogP contribution in [-0.4, -0.2) is 10.8 Å². The third-order valence-electron chi connectivity index (χ3n) is 3.30. The van der Waals surface area contributed by atoms with Crippen molar-refractivity contribution in [2.75, 3.05) is 5.73 Å². The molecule has 16 heavy (non-hydrogen) atoms. The average molecular weight is 218 g/mol. The molecule has 0 aromatic carbocycles. The van der Waals surface area contributed by atoms with Crippen LogP contribution in [0.15, 0.2) is 18.3 Å². The summed E-state index contributed by atoms with van der Waals surface area (Å²) in [5.41, 5.74) is 6.76. The van der Waals surface area contributed by atoms with Gasteiger partial charge < -0.3 is 5.73 Å². The molecule has 1 aliphatic carbocycles. The van der Waals surface area contributed by atoms with Crippen LogP contribution in [-0.2, 0) is 0 Å². The summed E-state index contributed by atoms with van der Waals surface area (Å²) in [5.74, 6) is 0.278. The number of ketones is 1. The molecule has 2 N–H and O–H groups in total. The highest BCUT2D eigenvalue weighted by molar-refractivity contribution is 6.00. The number of aromatic nitrogens is 1. The van der Waals surface area contributed by atoms with Crippen LogP contribution in [0.25, 0.3) is 0 Å². The highest BCUT2D eigenvalue weighted by Gasteiger charge is 2.23.